The summed E-state index contributed by atoms with van der Waals surface area (Å²) < 4.78 is 11.1. The summed E-state index contributed by atoms with van der Waals surface area (Å²) in [4.78, 5) is 12.3. The van der Waals surface area contributed by atoms with Crippen molar-refractivity contribution in [3.63, 3.8) is 0 Å². The Morgan fingerprint density at radius 1 is 1.37 bits per heavy atom. The first kappa shape index (κ1) is 15.8. The van der Waals surface area contributed by atoms with Crippen LogP contribution in [0.1, 0.15) is 37.0 Å². The molecular weight excluding hydrogens is 310 g/mol. The van der Waals surface area contributed by atoms with E-state index in [1.165, 1.54) is 0 Å². The maximum Gasteiger partial charge on any atom is 0.255 e. The summed E-state index contributed by atoms with van der Waals surface area (Å²) in [6.45, 7) is 4.08. The molecule has 0 saturated carbocycles. The number of carbonyl (C=O) groups excluding carboxylic acids is 1. The summed E-state index contributed by atoms with van der Waals surface area (Å²) in [6, 6.07) is 3.58. The summed E-state index contributed by atoms with van der Waals surface area (Å²) >= 11 is 3.38. The average Bonchev–Trinajstić information content (AvgIpc) is 2.37. The minimum Gasteiger partial charge on any atom is -0.497 e. The zero-order chi connectivity index (χ0) is 14.4. The molecule has 1 atom stereocenters. The van der Waals surface area contributed by atoms with E-state index in [2.05, 4.69) is 28.2 Å². The number of amides is 1. The van der Waals surface area contributed by atoms with Gasteiger partial charge in [-0.25, -0.2) is 0 Å². The van der Waals surface area contributed by atoms with E-state index in [1.54, 1.807) is 26.4 Å². The van der Waals surface area contributed by atoms with Gasteiger partial charge in [0.05, 0.1) is 24.3 Å². The molecule has 0 bridgehead atoms. The fourth-order valence-electron chi connectivity index (χ4n) is 1.87. The van der Waals surface area contributed by atoms with Gasteiger partial charge in [0.15, 0.2) is 0 Å². The SMILES string of the molecule is CCCC(C)NC(=O)c1cc(OC)cc(Br)c1OC. The van der Waals surface area contributed by atoms with Crippen LogP contribution < -0.4 is 14.8 Å². The normalized spacial score (nSPS) is 11.8. The van der Waals surface area contributed by atoms with E-state index >= 15 is 0 Å². The van der Waals surface area contributed by atoms with Gasteiger partial charge in [-0.1, -0.05) is 13.3 Å². The fourth-order valence-corrected chi connectivity index (χ4v) is 2.47. The molecule has 0 aliphatic carbocycles. The zero-order valence-corrected chi connectivity index (χ0v) is 13.3. The lowest BCUT2D eigenvalue weighted by Gasteiger charge is -2.16. The van der Waals surface area contributed by atoms with Crippen LogP contribution in [0.5, 0.6) is 11.5 Å². The highest BCUT2D eigenvalue weighted by Crippen LogP contribution is 2.33. The molecule has 1 aromatic carbocycles. The molecule has 0 spiro atoms. The first-order chi connectivity index (χ1) is 9.03. The maximum atomic E-state index is 12.3. The molecule has 0 aliphatic heterocycles. The van der Waals surface area contributed by atoms with E-state index < -0.39 is 0 Å². The van der Waals surface area contributed by atoms with E-state index in [4.69, 9.17) is 9.47 Å². The van der Waals surface area contributed by atoms with Gasteiger partial charge < -0.3 is 14.8 Å². The third-order valence-electron chi connectivity index (χ3n) is 2.80. The van der Waals surface area contributed by atoms with Crippen LogP contribution in [0.15, 0.2) is 16.6 Å². The summed E-state index contributed by atoms with van der Waals surface area (Å²) in [7, 11) is 3.11. The van der Waals surface area contributed by atoms with Crippen molar-refractivity contribution < 1.29 is 14.3 Å². The molecule has 0 saturated heterocycles. The molecule has 19 heavy (non-hydrogen) atoms. The third kappa shape index (κ3) is 4.13. The molecule has 5 heteroatoms. The lowest BCUT2D eigenvalue weighted by atomic mass is 10.1. The number of rotatable bonds is 6. The van der Waals surface area contributed by atoms with Crippen molar-refractivity contribution in [3.8, 4) is 11.5 Å². The highest BCUT2D eigenvalue weighted by atomic mass is 79.9. The van der Waals surface area contributed by atoms with Gasteiger partial charge in [0.25, 0.3) is 5.91 Å². The average molecular weight is 330 g/mol. The van der Waals surface area contributed by atoms with E-state index in [1.807, 2.05) is 6.92 Å². The first-order valence-electron chi connectivity index (χ1n) is 6.25. The topological polar surface area (TPSA) is 47.6 Å². The molecule has 1 N–H and O–H groups in total. The van der Waals surface area contributed by atoms with Crippen LogP contribution in [-0.4, -0.2) is 26.2 Å². The van der Waals surface area contributed by atoms with Gasteiger partial charge in [0, 0.05) is 6.04 Å². The molecule has 1 amide bonds. The Balaban J connectivity index is 3.03. The number of halogens is 1. The number of methoxy groups -OCH3 is 2. The lowest BCUT2D eigenvalue weighted by molar-refractivity contribution is 0.0934. The Labute approximate surface area is 122 Å². The molecule has 1 aromatic rings. The Morgan fingerprint density at radius 2 is 2.05 bits per heavy atom. The monoisotopic (exact) mass is 329 g/mol. The van der Waals surface area contributed by atoms with Crippen LogP contribution in [0.2, 0.25) is 0 Å². The van der Waals surface area contributed by atoms with Crippen LogP contribution >= 0.6 is 15.9 Å². The van der Waals surface area contributed by atoms with Gasteiger partial charge in [-0.15, -0.1) is 0 Å². The van der Waals surface area contributed by atoms with Gasteiger partial charge in [-0.3, -0.25) is 4.79 Å². The predicted molar refractivity (Wildman–Crippen MR) is 79.1 cm³/mol. The standard InChI is InChI=1S/C14H20BrNO3/c1-5-6-9(2)16-14(17)11-7-10(18-3)8-12(15)13(11)19-4/h7-9H,5-6H2,1-4H3,(H,16,17). The molecule has 0 radical (unpaired) electrons. The number of carbonyl (C=O) groups is 1. The van der Waals surface area contributed by atoms with Crippen molar-refractivity contribution in [2.45, 2.75) is 32.7 Å². The van der Waals surface area contributed by atoms with Crippen LogP contribution in [0.4, 0.5) is 0 Å². The number of hydrogen-bond donors (Lipinski definition) is 1. The van der Waals surface area contributed by atoms with Gasteiger partial charge in [0.2, 0.25) is 0 Å². The predicted octanol–water partition coefficient (Wildman–Crippen LogP) is 3.38. The van der Waals surface area contributed by atoms with Crippen molar-refractivity contribution in [1.82, 2.24) is 5.32 Å². The lowest BCUT2D eigenvalue weighted by Crippen LogP contribution is -2.32. The molecule has 1 unspecified atom stereocenters. The molecule has 0 heterocycles. The van der Waals surface area contributed by atoms with Crippen LogP contribution in [0, 0.1) is 0 Å². The third-order valence-corrected chi connectivity index (χ3v) is 3.39. The summed E-state index contributed by atoms with van der Waals surface area (Å²) in [5, 5.41) is 2.96. The van der Waals surface area contributed by atoms with Crippen LogP contribution in [0.3, 0.4) is 0 Å². The number of nitrogens with one attached hydrogen (secondary N) is 1. The Kier molecular flexibility index (Phi) is 6.15. The molecule has 0 aromatic heterocycles. The molecule has 0 aliphatic rings. The van der Waals surface area contributed by atoms with E-state index in [9.17, 15) is 4.79 Å². The van der Waals surface area contributed by atoms with Crippen LogP contribution in [-0.2, 0) is 0 Å². The van der Waals surface area contributed by atoms with Crippen molar-refractivity contribution in [2.75, 3.05) is 14.2 Å². The quantitative estimate of drug-likeness (QED) is 0.870. The van der Waals surface area contributed by atoms with Crippen molar-refractivity contribution in [3.05, 3.63) is 22.2 Å². The molecule has 106 valence electrons. The second-order valence-corrected chi connectivity index (χ2v) is 5.21. The number of hydrogen-bond acceptors (Lipinski definition) is 3. The maximum absolute atomic E-state index is 12.3. The molecular formula is C14H20BrNO3. The van der Waals surface area contributed by atoms with Gasteiger partial charge in [-0.2, -0.15) is 0 Å². The number of ether oxygens (including phenoxy) is 2. The van der Waals surface area contributed by atoms with Crippen molar-refractivity contribution in [2.24, 2.45) is 0 Å². The second-order valence-electron chi connectivity index (χ2n) is 4.35. The summed E-state index contributed by atoms with van der Waals surface area (Å²) in [6.07, 6.45) is 1.97. The summed E-state index contributed by atoms with van der Waals surface area (Å²) in [5.74, 6) is 0.973. The van der Waals surface area contributed by atoms with Gasteiger partial charge in [0.1, 0.15) is 11.5 Å². The minimum atomic E-state index is -0.155. The van der Waals surface area contributed by atoms with E-state index in [-0.39, 0.29) is 11.9 Å². The molecule has 1 rings (SSSR count). The minimum absolute atomic E-state index is 0.132. The van der Waals surface area contributed by atoms with E-state index in [0.29, 0.717) is 21.5 Å². The highest BCUT2D eigenvalue weighted by Gasteiger charge is 2.18. The number of benzene rings is 1. The van der Waals surface area contributed by atoms with Crippen LogP contribution in [0.25, 0.3) is 0 Å². The first-order valence-corrected chi connectivity index (χ1v) is 7.05. The Hall–Kier alpha value is -1.23. The summed E-state index contributed by atoms with van der Waals surface area (Å²) in [5.41, 5.74) is 0.469. The molecule has 0 fully saturated rings. The smallest absolute Gasteiger partial charge is 0.255 e. The highest BCUT2D eigenvalue weighted by molar-refractivity contribution is 9.10. The fraction of sp³-hybridized carbons (Fsp3) is 0.500. The van der Waals surface area contributed by atoms with E-state index in [0.717, 1.165) is 12.8 Å². The zero-order valence-electron chi connectivity index (χ0n) is 11.7. The van der Waals surface area contributed by atoms with Crippen molar-refractivity contribution >= 4 is 21.8 Å². The largest absolute Gasteiger partial charge is 0.497 e. The second kappa shape index (κ2) is 7.38. The van der Waals surface area contributed by atoms with Gasteiger partial charge >= 0.3 is 0 Å². The molecule has 4 nitrogen and oxygen atoms in total. The Morgan fingerprint density at radius 3 is 2.58 bits per heavy atom. The Bertz CT molecular complexity index is 449. The van der Waals surface area contributed by atoms with Crippen molar-refractivity contribution in [1.29, 1.82) is 0 Å². The van der Waals surface area contributed by atoms with Gasteiger partial charge in [-0.05, 0) is 41.4 Å².